The number of rotatable bonds is 5. The fraction of sp³-hybridized carbons (Fsp3) is 0.846. The largest absolute Gasteiger partial charge is 0.480 e. The van der Waals surface area contributed by atoms with Crippen LogP contribution in [-0.4, -0.2) is 47.2 Å². The van der Waals surface area contributed by atoms with Crippen LogP contribution in [0.3, 0.4) is 0 Å². The lowest BCUT2D eigenvalue weighted by Gasteiger charge is -2.37. The van der Waals surface area contributed by atoms with Crippen LogP contribution in [0, 0.1) is 5.92 Å². The Balaban J connectivity index is 2.62. The maximum atomic E-state index is 11.9. The molecule has 0 aromatic rings. The molecule has 2 atom stereocenters. The number of likely N-dealkylation sites (tertiary alicyclic amines) is 1. The van der Waals surface area contributed by atoms with Gasteiger partial charge in [-0.25, -0.2) is 4.79 Å². The Labute approximate surface area is 108 Å². The second-order valence-electron chi connectivity index (χ2n) is 5.10. The molecule has 0 radical (unpaired) electrons. The summed E-state index contributed by atoms with van der Waals surface area (Å²) in [4.78, 5) is 24.6. The van der Waals surface area contributed by atoms with Crippen molar-refractivity contribution in [2.75, 3.05) is 13.2 Å². The average Bonchev–Trinajstić information content (AvgIpc) is 2.34. The highest BCUT2D eigenvalue weighted by atomic mass is 16.5. The van der Waals surface area contributed by atoms with Gasteiger partial charge in [-0.2, -0.15) is 0 Å². The molecule has 0 saturated carbocycles. The molecule has 0 aromatic heterocycles. The minimum absolute atomic E-state index is 0.0228. The van der Waals surface area contributed by atoms with Crippen LogP contribution in [0.5, 0.6) is 0 Å². The first-order valence-corrected chi connectivity index (χ1v) is 6.59. The van der Waals surface area contributed by atoms with Gasteiger partial charge in [0.15, 0.2) is 0 Å². The number of amides is 1. The number of hydrogen-bond donors (Lipinski definition) is 1. The lowest BCUT2D eigenvalue weighted by atomic mass is 9.89. The Morgan fingerprint density at radius 1 is 1.44 bits per heavy atom. The van der Waals surface area contributed by atoms with Crippen LogP contribution in [-0.2, 0) is 14.3 Å². The minimum atomic E-state index is -0.911. The number of piperidine rings is 1. The summed E-state index contributed by atoms with van der Waals surface area (Å²) < 4.78 is 5.25. The molecule has 1 rings (SSSR count). The fourth-order valence-corrected chi connectivity index (χ4v) is 2.26. The van der Waals surface area contributed by atoms with Gasteiger partial charge in [0.1, 0.15) is 12.6 Å². The zero-order valence-electron chi connectivity index (χ0n) is 11.4. The Hall–Kier alpha value is -1.10. The lowest BCUT2D eigenvalue weighted by Crippen LogP contribution is -2.51. The van der Waals surface area contributed by atoms with Gasteiger partial charge in [0, 0.05) is 6.54 Å². The summed E-state index contributed by atoms with van der Waals surface area (Å²) in [6, 6.07) is -0.688. The van der Waals surface area contributed by atoms with Crippen LogP contribution < -0.4 is 0 Å². The van der Waals surface area contributed by atoms with Gasteiger partial charge >= 0.3 is 5.97 Å². The quantitative estimate of drug-likeness (QED) is 0.810. The van der Waals surface area contributed by atoms with Crippen molar-refractivity contribution in [3.63, 3.8) is 0 Å². The molecule has 18 heavy (non-hydrogen) atoms. The first kappa shape index (κ1) is 15.0. The molecule has 1 aliphatic heterocycles. The smallest absolute Gasteiger partial charge is 0.326 e. The summed E-state index contributed by atoms with van der Waals surface area (Å²) in [7, 11) is 0. The topological polar surface area (TPSA) is 66.8 Å². The molecule has 5 heteroatoms. The second-order valence-corrected chi connectivity index (χ2v) is 5.10. The molecule has 1 fully saturated rings. The van der Waals surface area contributed by atoms with E-state index in [2.05, 4.69) is 6.92 Å². The molecule has 104 valence electrons. The molecule has 1 saturated heterocycles. The van der Waals surface area contributed by atoms with Crippen molar-refractivity contribution in [2.45, 2.75) is 52.2 Å². The summed E-state index contributed by atoms with van der Waals surface area (Å²) in [6.45, 7) is 6.26. The number of carboxylic acid groups (broad SMARTS) is 1. The molecule has 5 nitrogen and oxygen atoms in total. The van der Waals surface area contributed by atoms with Gasteiger partial charge in [-0.3, -0.25) is 4.79 Å². The first-order chi connectivity index (χ1) is 8.45. The predicted octanol–water partition coefficient (Wildman–Crippen LogP) is 1.51. The van der Waals surface area contributed by atoms with Gasteiger partial charge in [0.2, 0.25) is 5.91 Å². The average molecular weight is 257 g/mol. The molecule has 1 aliphatic rings. The summed E-state index contributed by atoms with van der Waals surface area (Å²) in [6.07, 6.45) is 2.38. The number of hydrogen-bond acceptors (Lipinski definition) is 3. The molecule has 0 aromatic carbocycles. The number of carbonyl (C=O) groups is 2. The van der Waals surface area contributed by atoms with E-state index in [0.717, 1.165) is 12.8 Å². The van der Waals surface area contributed by atoms with Gasteiger partial charge in [-0.1, -0.05) is 13.3 Å². The maximum absolute atomic E-state index is 11.9. The van der Waals surface area contributed by atoms with Gasteiger partial charge in [-0.05, 0) is 32.6 Å². The molecule has 0 aliphatic carbocycles. The Morgan fingerprint density at radius 2 is 2.11 bits per heavy atom. The van der Waals surface area contributed by atoms with Gasteiger partial charge in [0.25, 0.3) is 0 Å². The van der Waals surface area contributed by atoms with E-state index in [1.54, 1.807) is 0 Å². The van der Waals surface area contributed by atoms with Crippen molar-refractivity contribution < 1.29 is 19.4 Å². The van der Waals surface area contributed by atoms with E-state index in [1.807, 2.05) is 13.8 Å². The van der Waals surface area contributed by atoms with Crippen molar-refractivity contribution in [3.05, 3.63) is 0 Å². The van der Waals surface area contributed by atoms with Crippen LogP contribution in [0.25, 0.3) is 0 Å². The molecule has 0 spiro atoms. The molecular formula is C13H23NO4. The Bertz CT molecular complexity index is 303. The number of carbonyl (C=O) groups excluding carboxylic acids is 1. The van der Waals surface area contributed by atoms with Crippen LogP contribution in [0.15, 0.2) is 0 Å². The third-order valence-electron chi connectivity index (χ3n) is 3.43. The first-order valence-electron chi connectivity index (χ1n) is 6.59. The molecule has 1 N–H and O–H groups in total. The van der Waals surface area contributed by atoms with Gasteiger partial charge in [0.05, 0.1) is 6.10 Å². The second kappa shape index (κ2) is 6.73. The zero-order valence-corrected chi connectivity index (χ0v) is 11.4. The molecule has 1 amide bonds. The van der Waals surface area contributed by atoms with Crippen molar-refractivity contribution in [1.29, 1.82) is 0 Å². The summed E-state index contributed by atoms with van der Waals surface area (Å²) in [5, 5.41) is 9.21. The normalized spacial score (nSPS) is 24.3. The maximum Gasteiger partial charge on any atom is 0.326 e. The standard InChI is InChI=1S/C13H23NO4/c1-4-10-5-6-14(11(7-10)13(16)17)12(15)8-18-9(2)3/h9-11H,4-8H2,1-3H3,(H,16,17). The van der Waals surface area contributed by atoms with E-state index < -0.39 is 12.0 Å². The number of ether oxygens (including phenoxy) is 1. The highest BCUT2D eigenvalue weighted by molar-refractivity contribution is 5.84. The van der Waals surface area contributed by atoms with Gasteiger partial charge < -0.3 is 14.7 Å². The highest BCUT2D eigenvalue weighted by Crippen LogP contribution is 2.25. The molecule has 0 bridgehead atoms. The third-order valence-corrected chi connectivity index (χ3v) is 3.43. The predicted molar refractivity (Wildman–Crippen MR) is 67.2 cm³/mol. The number of aliphatic carboxylic acids is 1. The van der Waals surface area contributed by atoms with Crippen molar-refractivity contribution in [1.82, 2.24) is 4.90 Å². The molecule has 2 unspecified atom stereocenters. The number of carboxylic acids is 1. The molecular weight excluding hydrogens is 234 g/mol. The summed E-state index contributed by atoms with van der Waals surface area (Å²) in [5.74, 6) is -0.724. The van der Waals surface area contributed by atoms with Crippen molar-refractivity contribution in [3.8, 4) is 0 Å². The zero-order chi connectivity index (χ0) is 13.7. The highest BCUT2D eigenvalue weighted by Gasteiger charge is 2.35. The van der Waals surface area contributed by atoms with E-state index in [9.17, 15) is 14.7 Å². The van der Waals surface area contributed by atoms with Crippen LogP contribution in [0.4, 0.5) is 0 Å². The molecule has 1 heterocycles. The fourth-order valence-electron chi connectivity index (χ4n) is 2.26. The van der Waals surface area contributed by atoms with Crippen LogP contribution in [0.1, 0.15) is 40.0 Å². The number of nitrogens with zero attached hydrogens (tertiary/aromatic N) is 1. The van der Waals surface area contributed by atoms with E-state index in [1.165, 1.54) is 4.90 Å². The minimum Gasteiger partial charge on any atom is -0.480 e. The van der Waals surface area contributed by atoms with E-state index >= 15 is 0 Å². The Kier molecular flexibility index (Phi) is 5.59. The van der Waals surface area contributed by atoms with Crippen LogP contribution in [0.2, 0.25) is 0 Å². The SMILES string of the molecule is CCC1CCN(C(=O)COC(C)C)C(C(=O)O)C1. The van der Waals surface area contributed by atoms with E-state index in [4.69, 9.17) is 4.74 Å². The van der Waals surface area contributed by atoms with Crippen molar-refractivity contribution >= 4 is 11.9 Å². The monoisotopic (exact) mass is 257 g/mol. The lowest BCUT2D eigenvalue weighted by molar-refractivity contribution is -0.155. The summed E-state index contributed by atoms with van der Waals surface area (Å²) in [5.41, 5.74) is 0. The summed E-state index contributed by atoms with van der Waals surface area (Å²) >= 11 is 0. The van der Waals surface area contributed by atoms with E-state index in [0.29, 0.717) is 18.9 Å². The Morgan fingerprint density at radius 3 is 2.61 bits per heavy atom. The van der Waals surface area contributed by atoms with Crippen LogP contribution >= 0.6 is 0 Å². The van der Waals surface area contributed by atoms with Crippen molar-refractivity contribution in [2.24, 2.45) is 5.92 Å². The van der Waals surface area contributed by atoms with E-state index in [-0.39, 0.29) is 18.6 Å². The third kappa shape index (κ3) is 3.98. The van der Waals surface area contributed by atoms with Gasteiger partial charge in [-0.15, -0.1) is 0 Å².